The molecule has 1 aliphatic carbocycles. The number of nitrogens with zero attached hydrogens (tertiary/aromatic N) is 5. The molecule has 0 radical (unpaired) electrons. The molecule has 1 aromatic carbocycles. The number of ether oxygens (including phenoxy) is 1. The summed E-state index contributed by atoms with van der Waals surface area (Å²) in [6, 6.07) is 12.1. The Morgan fingerprint density at radius 3 is 2.67 bits per heavy atom. The van der Waals surface area contributed by atoms with E-state index in [1.165, 1.54) is 6.42 Å². The lowest BCUT2D eigenvalue weighted by atomic mass is 9.85. The van der Waals surface area contributed by atoms with Crippen LogP contribution < -0.4 is 5.56 Å². The summed E-state index contributed by atoms with van der Waals surface area (Å²) in [5, 5.41) is 13.5. The second-order valence-electron chi connectivity index (χ2n) is 8.15. The standard InChI is InChI=1S/C23H25N5O2/c1-15-8-6-7-11-18(15)27-13-12-19-21(23(27)29)24-25-22-20(16-9-4-3-5-10-16)17(14-30-2)26-28(19)22/h3-5,9-10,12-13,15,18H,6-8,11,14H2,1-2H3/t15-,18+/m1/s1. The van der Waals surface area contributed by atoms with E-state index in [9.17, 15) is 4.79 Å². The zero-order valence-electron chi connectivity index (χ0n) is 17.3. The number of fused-ring (bicyclic) bond motifs is 3. The van der Waals surface area contributed by atoms with Crippen molar-refractivity contribution in [1.29, 1.82) is 0 Å². The number of rotatable bonds is 4. The summed E-state index contributed by atoms with van der Waals surface area (Å²) in [6.45, 7) is 2.58. The van der Waals surface area contributed by atoms with Crippen LogP contribution in [0.4, 0.5) is 0 Å². The van der Waals surface area contributed by atoms with E-state index >= 15 is 0 Å². The predicted molar refractivity (Wildman–Crippen MR) is 115 cm³/mol. The molecular weight excluding hydrogens is 378 g/mol. The summed E-state index contributed by atoms with van der Waals surface area (Å²) in [5.74, 6) is 0.480. The maximum atomic E-state index is 13.3. The molecule has 3 heterocycles. The highest BCUT2D eigenvalue weighted by Crippen LogP contribution is 2.33. The van der Waals surface area contributed by atoms with E-state index in [2.05, 4.69) is 17.1 Å². The van der Waals surface area contributed by atoms with E-state index in [1.807, 2.05) is 47.2 Å². The monoisotopic (exact) mass is 403 g/mol. The van der Waals surface area contributed by atoms with Gasteiger partial charge in [-0.2, -0.15) is 5.10 Å². The summed E-state index contributed by atoms with van der Waals surface area (Å²) in [4.78, 5) is 13.3. The van der Waals surface area contributed by atoms with Gasteiger partial charge in [0.15, 0.2) is 11.2 Å². The molecule has 3 aromatic heterocycles. The highest BCUT2D eigenvalue weighted by Gasteiger charge is 2.25. The second kappa shape index (κ2) is 7.65. The minimum Gasteiger partial charge on any atom is -0.378 e. The molecule has 4 aromatic rings. The van der Waals surface area contributed by atoms with Crippen molar-refractivity contribution in [2.45, 2.75) is 45.3 Å². The molecule has 0 aliphatic heterocycles. The number of benzene rings is 1. The van der Waals surface area contributed by atoms with Gasteiger partial charge in [0.25, 0.3) is 5.56 Å². The quantitative estimate of drug-likeness (QED) is 0.515. The lowest BCUT2D eigenvalue weighted by Crippen LogP contribution is -2.31. The third kappa shape index (κ3) is 3.01. The Kier molecular flexibility index (Phi) is 4.83. The van der Waals surface area contributed by atoms with E-state index < -0.39 is 0 Å². The van der Waals surface area contributed by atoms with Crippen molar-refractivity contribution in [3.8, 4) is 11.1 Å². The highest BCUT2D eigenvalue weighted by atomic mass is 16.5. The fourth-order valence-electron chi connectivity index (χ4n) is 4.71. The van der Waals surface area contributed by atoms with Gasteiger partial charge >= 0.3 is 0 Å². The Bertz CT molecular complexity index is 1260. The molecular formula is C23H25N5O2. The fraction of sp³-hybridized carbons (Fsp3) is 0.391. The van der Waals surface area contributed by atoms with Gasteiger partial charge in [0.1, 0.15) is 5.52 Å². The van der Waals surface area contributed by atoms with E-state index in [1.54, 1.807) is 11.6 Å². The van der Waals surface area contributed by atoms with E-state index in [0.717, 1.165) is 36.1 Å². The first kappa shape index (κ1) is 18.9. The first-order valence-corrected chi connectivity index (χ1v) is 10.5. The zero-order chi connectivity index (χ0) is 20.7. The van der Waals surface area contributed by atoms with Gasteiger partial charge in [-0.15, -0.1) is 10.2 Å². The molecule has 0 bridgehead atoms. The Hall–Kier alpha value is -3.06. The van der Waals surface area contributed by atoms with Crippen molar-refractivity contribution < 1.29 is 4.74 Å². The molecule has 0 N–H and O–H groups in total. The normalized spacial score (nSPS) is 19.5. The molecule has 0 spiro atoms. The number of hydrogen-bond donors (Lipinski definition) is 0. The van der Waals surface area contributed by atoms with Crippen LogP contribution in [0.2, 0.25) is 0 Å². The molecule has 154 valence electrons. The van der Waals surface area contributed by atoms with Gasteiger partial charge in [-0.1, -0.05) is 50.1 Å². The lowest BCUT2D eigenvalue weighted by Gasteiger charge is -2.30. The molecule has 0 saturated heterocycles. The van der Waals surface area contributed by atoms with Gasteiger partial charge < -0.3 is 9.30 Å². The van der Waals surface area contributed by atoms with Gasteiger partial charge in [0.05, 0.1) is 17.9 Å². The molecule has 7 nitrogen and oxygen atoms in total. The van der Waals surface area contributed by atoms with E-state index in [4.69, 9.17) is 9.84 Å². The van der Waals surface area contributed by atoms with Crippen molar-refractivity contribution in [3.63, 3.8) is 0 Å². The summed E-state index contributed by atoms with van der Waals surface area (Å²) in [7, 11) is 1.65. The van der Waals surface area contributed by atoms with Crippen LogP contribution in [0.15, 0.2) is 47.4 Å². The maximum absolute atomic E-state index is 13.3. The van der Waals surface area contributed by atoms with Gasteiger partial charge in [0.2, 0.25) is 0 Å². The first-order valence-electron chi connectivity index (χ1n) is 10.5. The van der Waals surface area contributed by atoms with Gasteiger partial charge in [-0.3, -0.25) is 4.79 Å². The third-order valence-corrected chi connectivity index (χ3v) is 6.25. The largest absolute Gasteiger partial charge is 0.378 e. The summed E-state index contributed by atoms with van der Waals surface area (Å²) in [5.41, 5.74) is 4.22. The van der Waals surface area contributed by atoms with Crippen LogP contribution >= 0.6 is 0 Å². The van der Waals surface area contributed by atoms with E-state index in [-0.39, 0.29) is 11.6 Å². The number of methoxy groups -OCH3 is 1. The van der Waals surface area contributed by atoms with Crippen LogP contribution in [-0.2, 0) is 11.3 Å². The van der Waals surface area contributed by atoms with Crippen molar-refractivity contribution in [2.75, 3.05) is 7.11 Å². The topological polar surface area (TPSA) is 74.3 Å². The number of hydrogen-bond acceptors (Lipinski definition) is 5. The summed E-state index contributed by atoms with van der Waals surface area (Å²) in [6.07, 6.45) is 6.47. The van der Waals surface area contributed by atoms with Crippen LogP contribution in [-0.4, -0.2) is 31.5 Å². The summed E-state index contributed by atoms with van der Waals surface area (Å²) >= 11 is 0. The van der Waals surface area contributed by atoms with E-state index in [0.29, 0.717) is 29.2 Å². The molecule has 2 atom stereocenters. The SMILES string of the molecule is COCc1nn2c(nnc3c(=O)n([C@H]4CCCC[C@H]4C)ccc32)c1-c1ccccc1. The van der Waals surface area contributed by atoms with Gasteiger partial charge in [-0.25, -0.2) is 4.52 Å². The average Bonchev–Trinajstić information content (AvgIpc) is 3.14. The van der Waals surface area contributed by atoms with Crippen LogP contribution in [0.1, 0.15) is 44.3 Å². The predicted octanol–water partition coefficient (Wildman–Crippen LogP) is 4.00. The average molecular weight is 403 g/mol. The molecule has 30 heavy (non-hydrogen) atoms. The highest BCUT2D eigenvalue weighted by molar-refractivity contribution is 5.84. The van der Waals surface area contributed by atoms with Crippen molar-refractivity contribution in [1.82, 2.24) is 24.4 Å². The smallest absolute Gasteiger partial charge is 0.280 e. The van der Waals surface area contributed by atoms with Crippen LogP contribution in [0.3, 0.4) is 0 Å². The first-order chi connectivity index (χ1) is 14.7. The molecule has 1 saturated carbocycles. The molecule has 7 heteroatoms. The molecule has 1 aliphatic rings. The maximum Gasteiger partial charge on any atom is 0.280 e. The third-order valence-electron chi connectivity index (χ3n) is 6.25. The number of pyridine rings is 1. The van der Waals surface area contributed by atoms with Crippen molar-refractivity contribution in [2.24, 2.45) is 5.92 Å². The lowest BCUT2D eigenvalue weighted by molar-refractivity contribution is 0.181. The van der Waals surface area contributed by atoms with Crippen molar-refractivity contribution >= 4 is 16.7 Å². The molecule has 5 rings (SSSR count). The molecule has 0 unspecified atom stereocenters. The van der Waals surface area contributed by atoms with Crippen LogP contribution in [0, 0.1) is 5.92 Å². The summed E-state index contributed by atoms with van der Waals surface area (Å²) < 4.78 is 8.96. The van der Waals surface area contributed by atoms with Crippen molar-refractivity contribution in [3.05, 3.63) is 58.6 Å². The number of aromatic nitrogens is 5. The minimum absolute atomic E-state index is 0.0919. The second-order valence-corrected chi connectivity index (χ2v) is 8.15. The minimum atomic E-state index is -0.0919. The Morgan fingerprint density at radius 1 is 1.10 bits per heavy atom. The Labute approximate surface area is 174 Å². The van der Waals surface area contributed by atoms with Gasteiger partial charge in [-0.05, 0) is 30.4 Å². The Balaban J connectivity index is 1.72. The van der Waals surface area contributed by atoms with Crippen LogP contribution in [0.25, 0.3) is 27.8 Å². The Morgan fingerprint density at radius 2 is 1.90 bits per heavy atom. The molecule has 1 fully saturated rings. The fourth-order valence-corrected chi connectivity index (χ4v) is 4.71. The zero-order valence-corrected chi connectivity index (χ0v) is 17.3. The molecule has 0 amide bonds. The van der Waals surface area contributed by atoms with Gasteiger partial charge in [0, 0.05) is 19.3 Å². The van der Waals surface area contributed by atoms with Crippen LogP contribution in [0.5, 0.6) is 0 Å².